The fourth-order valence-corrected chi connectivity index (χ4v) is 2.04. The lowest BCUT2D eigenvalue weighted by Crippen LogP contribution is -2.07. The van der Waals surface area contributed by atoms with E-state index in [2.05, 4.69) is 26.2 Å². The number of pyridine rings is 1. The van der Waals surface area contributed by atoms with Gasteiger partial charge in [-0.25, -0.2) is 4.39 Å². The average Bonchev–Trinajstić information content (AvgIpc) is 2.34. The van der Waals surface area contributed by atoms with E-state index in [1.807, 2.05) is 19.1 Å². The van der Waals surface area contributed by atoms with Gasteiger partial charge in [0.05, 0.1) is 0 Å². The molecule has 1 N–H and O–H groups in total. The van der Waals surface area contributed by atoms with Gasteiger partial charge in [-0.15, -0.1) is 0 Å². The Morgan fingerprint density at radius 2 is 1.94 bits per heavy atom. The molecule has 0 aliphatic carbocycles. The highest BCUT2D eigenvalue weighted by Gasteiger charge is 2.07. The first-order valence-corrected chi connectivity index (χ1v) is 6.07. The molecule has 0 radical (unpaired) electrons. The molecule has 1 aromatic heterocycles. The van der Waals surface area contributed by atoms with Gasteiger partial charge in [-0.2, -0.15) is 0 Å². The maximum absolute atomic E-state index is 12.9. The van der Waals surface area contributed by atoms with Gasteiger partial charge >= 0.3 is 0 Å². The van der Waals surface area contributed by atoms with E-state index in [-0.39, 0.29) is 11.9 Å². The Balaban J connectivity index is 2.16. The summed E-state index contributed by atoms with van der Waals surface area (Å²) in [6.45, 7) is 2.05. The highest BCUT2D eigenvalue weighted by Crippen LogP contribution is 2.26. The summed E-state index contributed by atoms with van der Waals surface area (Å²) >= 11 is 3.33. The van der Waals surface area contributed by atoms with E-state index in [1.54, 1.807) is 18.5 Å². The lowest BCUT2D eigenvalue weighted by Gasteiger charge is -2.16. The molecule has 0 saturated heterocycles. The molecule has 0 aliphatic rings. The van der Waals surface area contributed by atoms with Crippen molar-refractivity contribution in [2.24, 2.45) is 0 Å². The molecule has 1 unspecified atom stereocenters. The van der Waals surface area contributed by atoms with E-state index < -0.39 is 0 Å². The third-order valence-electron chi connectivity index (χ3n) is 2.51. The minimum atomic E-state index is -0.251. The largest absolute Gasteiger partial charge is 0.378 e. The number of hydrogen-bond donors (Lipinski definition) is 1. The van der Waals surface area contributed by atoms with E-state index in [4.69, 9.17) is 0 Å². The van der Waals surface area contributed by atoms with Crippen molar-refractivity contribution in [2.45, 2.75) is 13.0 Å². The SMILES string of the molecule is CC(Nc1ccc(F)cc1Br)c1ccncc1. The van der Waals surface area contributed by atoms with Gasteiger partial charge < -0.3 is 5.32 Å². The summed E-state index contributed by atoms with van der Waals surface area (Å²) in [5.41, 5.74) is 2.01. The first-order valence-electron chi connectivity index (χ1n) is 5.28. The zero-order chi connectivity index (χ0) is 12.3. The van der Waals surface area contributed by atoms with E-state index >= 15 is 0 Å². The summed E-state index contributed by atoms with van der Waals surface area (Å²) < 4.78 is 13.7. The van der Waals surface area contributed by atoms with Gasteiger partial charge in [0.15, 0.2) is 0 Å². The molecule has 1 atom stereocenters. The second-order valence-electron chi connectivity index (χ2n) is 3.77. The quantitative estimate of drug-likeness (QED) is 0.919. The van der Waals surface area contributed by atoms with Crippen LogP contribution in [-0.4, -0.2) is 4.98 Å². The molecular formula is C13H12BrFN2. The number of anilines is 1. The van der Waals surface area contributed by atoms with Crippen LogP contribution in [0.5, 0.6) is 0 Å². The second-order valence-corrected chi connectivity index (χ2v) is 4.63. The van der Waals surface area contributed by atoms with Crippen LogP contribution in [0.2, 0.25) is 0 Å². The van der Waals surface area contributed by atoms with Crippen molar-refractivity contribution in [3.8, 4) is 0 Å². The molecule has 88 valence electrons. The third kappa shape index (κ3) is 3.03. The van der Waals surface area contributed by atoms with Crippen molar-refractivity contribution in [3.63, 3.8) is 0 Å². The number of nitrogens with zero attached hydrogens (tertiary/aromatic N) is 1. The Bertz CT molecular complexity index is 502. The Kier molecular flexibility index (Phi) is 3.74. The van der Waals surface area contributed by atoms with Gasteiger partial charge in [0.25, 0.3) is 0 Å². The van der Waals surface area contributed by atoms with Gasteiger partial charge in [-0.05, 0) is 58.7 Å². The highest BCUT2D eigenvalue weighted by molar-refractivity contribution is 9.10. The van der Waals surface area contributed by atoms with Crippen molar-refractivity contribution in [1.82, 2.24) is 4.98 Å². The van der Waals surface area contributed by atoms with Gasteiger partial charge in [0, 0.05) is 28.6 Å². The van der Waals surface area contributed by atoms with E-state index in [0.29, 0.717) is 0 Å². The highest BCUT2D eigenvalue weighted by atomic mass is 79.9. The van der Waals surface area contributed by atoms with Gasteiger partial charge in [0.2, 0.25) is 0 Å². The Morgan fingerprint density at radius 1 is 1.24 bits per heavy atom. The van der Waals surface area contributed by atoms with Gasteiger partial charge in [0.1, 0.15) is 5.82 Å². The third-order valence-corrected chi connectivity index (χ3v) is 3.17. The van der Waals surface area contributed by atoms with Crippen LogP contribution in [0, 0.1) is 5.82 Å². The first kappa shape index (κ1) is 12.0. The molecule has 0 fully saturated rings. The predicted molar refractivity (Wildman–Crippen MR) is 70.4 cm³/mol. The number of hydrogen-bond acceptors (Lipinski definition) is 2. The maximum Gasteiger partial charge on any atom is 0.124 e. The zero-order valence-electron chi connectivity index (χ0n) is 9.32. The van der Waals surface area contributed by atoms with E-state index in [9.17, 15) is 4.39 Å². The van der Waals surface area contributed by atoms with Gasteiger partial charge in [-0.3, -0.25) is 4.98 Å². The van der Waals surface area contributed by atoms with Crippen LogP contribution in [0.4, 0.5) is 10.1 Å². The van der Waals surface area contributed by atoms with Crippen LogP contribution in [0.3, 0.4) is 0 Å². The van der Waals surface area contributed by atoms with Crippen LogP contribution in [0.15, 0.2) is 47.2 Å². The molecule has 2 aromatic rings. The normalized spacial score (nSPS) is 12.2. The summed E-state index contributed by atoms with van der Waals surface area (Å²) in [5, 5.41) is 3.31. The number of benzene rings is 1. The molecule has 0 aliphatic heterocycles. The maximum atomic E-state index is 12.9. The van der Waals surface area contributed by atoms with Gasteiger partial charge in [-0.1, -0.05) is 0 Å². The molecule has 1 heterocycles. The Hall–Kier alpha value is -1.42. The number of nitrogens with one attached hydrogen (secondary N) is 1. The molecule has 17 heavy (non-hydrogen) atoms. The minimum Gasteiger partial charge on any atom is -0.378 e. The fourth-order valence-electron chi connectivity index (χ4n) is 1.58. The van der Waals surface area contributed by atoms with Crippen LogP contribution in [-0.2, 0) is 0 Å². The van der Waals surface area contributed by atoms with Crippen LogP contribution < -0.4 is 5.32 Å². The molecule has 0 saturated carbocycles. The molecular weight excluding hydrogens is 283 g/mol. The molecule has 0 spiro atoms. The Morgan fingerprint density at radius 3 is 2.59 bits per heavy atom. The predicted octanol–water partition coefficient (Wildman–Crippen LogP) is 4.16. The molecule has 4 heteroatoms. The number of halogens is 2. The monoisotopic (exact) mass is 294 g/mol. The van der Waals surface area contributed by atoms with Crippen molar-refractivity contribution >= 4 is 21.6 Å². The smallest absolute Gasteiger partial charge is 0.124 e. The molecule has 1 aromatic carbocycles. The standard InChI is InChI=1S/C13H12BrFN2/c1-9(10-4-6-16-7-5-10)17-13-3-2-11(15)8-12(13)14/h2-9,17H,1H3. The lowest BCUT2D eigenvalue weighted by molar-refractivity contribution is 0.627. The second kappa shape index (κ2) is 5.27. The Labute approximate surface area is 108 Å². The lowest BCUT2D eigenvalue weighted by atomic mass is 10.1. The van der Waals surface area contributed by atoms with Crippen LogP contribution in [0.25, 0.3) is 0 Å². The molecule has 0 amide bonds. The fraction of sp³-hybridized carbons (Fsp3) is 0.154. The topological polar surface area (TPSA) is 24.9 Å². The van der Waals surface area contributed by atoms with Crippen molar-refractivity contribution < 1.29 is 4.39 Å². The zero-order valence-corrected chi connectivity index (χ0v) is 10.9. The summed E-state index contributed by atoms with van der Waals surface area (Å²) in [4.78, 5) is 3.98. The molecule has 2 rings (SSSR count). The van der Waals surface area contributed by atoms with Crippen molar-refractivity contribution in [3.05, 3.63) is 58.6 Å². The number of rotatable bonds is 3. The molecule has 0 bridgehead atoms. The van der Waals surface area contributed by atoms with Crippen LogP contribution >= 0.6 is 15.9 Å². The summed E-state index contributed by atoms with van der Waals surface area (Å²) in [6.07, 6.45) is 3.51. The average molecular weight is 295 g/mol. The summed E-state index contributed by atoms with van der Waals surface area (Å²) in [6, 6.07) is 8.65. The summed E-state index contributed by atoms with van der Waals surface area (Å²) in [7, 11) is 0. The van der Waals surface area contributed by atoms with Crippen molar-refractivity contribution in [1.29, 1.82) is 0 Å². The van der Waals surface area contributed by atoms with Crippen molar-refractivity contribution in [2.75, 3.05) is 5.32 Å². The van der Waals surface area contributed by atoms with E-state index in [0.717, 1.165) is 15.7 Å². The summed E-state index contributed by atoms with van der Waals surface area (Å²) in [5.74, 6) is -0.251. The minimum absolute atomic E-state index is 0.139. The van der Waals surface area contributed by atoms with Crippen LogP contribution in [0.1, 0.15) is 18.5 Å². The molecule has 2 nitrogen and oxygen atoms in total. The first-order chi connectivity index (χ1) is 8.16. The van der Waals surface area contributed by atoms with E-state index in [1.165, 1.54) is 12.1 Å². The number of aromatic nitrogens is 1.